The number of thiazole rings is 1. The highest BCUT2D eigenvalue weighted by molar-refractivity contribution is 7.23. The van der Waals surface area contributed by atoms with Gasteiger partial charge in [0.25, 0.3) is 0 Å². The van der Waals surface area contributed by atoms with Crippen LogP contribution in [0.3, 0.4) is 0 Å². The van der Waals surface area contributed by atoms with Gasteiger partial charge in [-0.25, -0.2) is 4.98 Å². The molecule has 1 amide bonds. The normalized spacial score (nSPS) is 15.3. The van der Waals surface area contributed by atoms with E-state index in [1.54, 1.807) is 11.3 Å². The van der Waals surface area contributed by atoms with E-state index in [0.29, 0.717) is 11.6 Å². The van der Waals surface area contributed by atoms with Crippen molar-refractivity contribution in [3.63, 3.8) is 0 Å². The first-order chi connectivity index (χ1) is 12.5. The molecule has 142 valence electrons. The van der Waals surface area contributed by atoms with E-state index < -0.39 is 0 Å². The number of nitrogens with zero attached hydrogens (tertiary/aromatic N) is 3. The predicted octanol–water partition coefficient (Wildman–Crippen LogP) is 5.12. The molecule has 0 N–H and O–H groups in total. The van der Waals surface area contributed by atoms with Crippen molar-refractivity contribution in [1.29, 1.82) is 0 Å². The second kappa shape index (κ2) is 8.68. The van der Waals surface area contributed by atoms with Gasteiger partial charge < -0.3 is 4.90 Å². The highest BCUT2D eigenvalue weighted by Crippen LogP contribution is 2.37. The Hall–Kier alpha value is -1.17. The fourth-order valence-corrected chi connectivity index (χ4v) is 5.03. The summed E-state index contributed by atoms with van der Waals surface area (Å²) in [5.74, 6) is 0.387. The third-order valence-electron chi connectivity index (χ3n) is 5.42. The Kier molecular flexibility index (Phi) is 6.54. The van der Waals surface area contributed by atoms with Gasteiger partial charge in [0.05, 0.1) is 15.2 Å². The van der Waals surface area contributed by atoms with Gasteiger partial charge in [-0.3, -0.25) is 9.69 Å². The van der Waals surface area contributed by atoms with Crippen molar-refractivity contribution < 1.29 is 4.79 Å². The zero-order chi connectivity index (χ0) is 18.7. The van der Waals surface area contributed by atoms with Gasteiger partial charge >= 0.3 is 0 Å². The van der Waals surface area contributed by atoms with Gasteiger partial charge in [0.15, 0.2) is 5.13 Å². The van der Waals surface area contributed by atoms with Crippen LogP contribution in [-0.4, -0.2) is 42.0 Å². The molecule has 2 aromatic rings. The van der Waals surface area contributed by atoms with E-state index in [2.05, 4.69) is 18.7 Å². The van der Waals surface area contributed by atoms with Crippen molar-refractivity contribution in [2.75, 3.05) is 31.1 Å². The summed E-state index contributed by atoms with van der Waals surface area (Å²) in [7, 11) is 0. The number of anilines is 1. The van der Waals surface area contributed by atoms with Crippen molar-refractivity contribution in [2.24, 2.45) is 5.92 Å². The smallest absolute Gasteiger partial charge is 0.231 e. The molecule has 0 saturated heterocycles. The maximum absolute atomic E-state index is 13.2. The number of aryl methyl sites for hydroxylation is 1. The first kappa shape index (κ1) is 19.6. The van der Waals surface area contributed by atoms with E-state index >= 15 is 0 Å². The summed E-state index contributed by atoms with van der Waals surface area (Å²) in [6.07, 6.45) is 4.33. The molecular weight excluding hydrogens is 366 g/mol. The van der Waals surface area contributed by atoms with Gasteiger partial charge in [0.1, 0.15) is 0 Å². The molecule has 0 atom stereocenters. The van der Waals surface area contributed by atoms with E-state index in [9.17, 15) is 4.79 Å². The number of amides is 1. The van der Waals surface area contributed by atoms with Gasteiger partial charge in [-0.2, -0.15) is 0 Å². The summed E-state index contributed by atoms with van der Waals surface area (Å²) in [4.78, 5) is 22.3. The number of carbonyl (C=O) groups excluding carboxylic acids is 1. The Morgan fingerprint density at radius 3 is 2.54 bits per heavy atom. The number of fused-ring (bicyclic) bond motifs is 1. The number of likely N-dealkylation sites (N-methyl/N-ethyl adjacent to an activating group) is 1. The van der Waals surface area contributed by atoms with Crippen molar-refractivity contribution in [3.8, 4) is 0 Å². The van der Waals surface area contributed by atoms with Gasteiger partial charge in [0.2, 0.25) is 5.91 Å². The van der Waals surface area contributed by atoms with Crippen LogP contribution >= 0.6 is 22.9 Å². The second-order valence-electron chi connectivity index (χ2n) is 7.04. The molecule has 1 heterocycles. The van der Waals surface area contributed by atoms with Crippen LogP contribution in [0.4, 0.5) is 5.13 Å². The molecule has 1 aromatic heterocycles. The van der Waals surface area contributed by atoms with Gasteiger partial charge in [-0.1, -0.05) is 55.7 Å². The summed E-state index contributed by atoms with van der Waals surface area (Å²) < 4.78 is 0.980. The third kappa shape index (κ3) is 4.05. The summed E-state index contributed by atoms with van der Waals surface area (Å²) in [5, 5.41) is 1.51. The first-order valence-electron chi connectivity index (χ1n) is 9.64. The molecule has 26 heavy (non-hydrogen) atoms. The molecule has 0 unspecified atom stereocenters. The topological polar surface area (TPSA) is 36.4 Å². The number of hydrogen-bond donors (Lipinski definition) is 0. The SMILES string of the molecule is CCN(CC)CCN(C(=O)C1CCCC1)c1nc2c(C)ccc(Cl)c2s1. The highest BCUT2D eigenvalue weighted by Gasteiger charge is 2.30. The van der Waals surface area contributed by atoms with Crippen molar-refractivity contribution in [3.05, 3.63) is 22.7 Å². The zero-order valence-electron chi connectivity index (χ0n) is 15.9. The summed E-state index contributed by atoms with van der Waals surface area (Å²) in [6.45, 7) is 9.91. The van der Waals surface area contributed by atoms with Crippen molar-refractivity contribution in [1.82, 2.24) is 9.88 Å². The van der Waals surface area contributed by atoms with Crippen molar-refractivity contribution in [2.45, 2.75) is 46.5 Å². The lowest BCUT2D eigenvalue weighted by Crippen LogP contribution is -2.41. The maximum atomic E-state index is 13.2. The lowest BCUT2D eigenvalue weighted by molar-refractivity contribution is -0.122. The van der Waals surface area contributed by atoms with E-state index in [4.69, 9.17) is 16.6 Å². The number of halogens is 1. The molecule has 6 heteroatoms. The lowest BCUT2D eigenvalue weighted by atomic mass is 10.1. The van der Waals surface area contributed by atoms with Gasteiger partial charge in [0, 0.05) is 19.0 Å². The summed E-state index contributed by atoms with van der Waals surface area (Å²) >= 11 is 7.93. The number of benzene rings is 1. The summed E-state index contributed by atoms with van der Waals surface area (Å²) in [5.41, 5.74) is 2.02. The quantitative estimate of drug-likeness (QED) is 0.654. The van der Waals surface area contributed by atoms with Crippen LogP contribution in [0.5, 0.6) is 0 Å². The minimum Gasteiger partial charge on any atom is -0.302 e. The molecule has 0 radical (unpaired) electrons. The minimum absolute atomic E-state index is 0.148. The number of aromatic nitrogens is 1. The first-order valence-corrected chi connectivity index (χ1v) is 10.8. The molecule has 1 saturated carbocycles. The van der Waals surface area contributed by atoms with E-state index in [0.717, 1.165) is 66.2 Å². The van der Waals surface area contributed by atoms with Gasteiger partial charge in [-0.15, -0.1) is 0 Å². The Morgan fingerprint density at radius 1 is 1.23 bits per heavy atom. The van der Waals surface area contributed by atoms with E-state index in [-0.39, 0.29) is 11.8 Å². The van der Waals surface area contributed by atoms with Crippen molar-refractivity contribution >= 4 is 44.2 Å². The highest BCUT2D eigenvalue weighted by atomic mass is 35.5. The van der Waals surface area contributed by atoms with Crippen LogP contribution in [-0.2, 0) is 4.79 Å². The van der Waals surface area contributed by atoms with Crippen LogP contribution < -0.4 is 4.90 Å². The monoisotopic (exact) mass is 393 g/mol. The van der Waals surface area contributed by atoms with E-state index in [1.807, 2.05) is 24.0 Å². The Balaban J connectivity index is 1.92. The Labute approximate surface area is 165 Å². The van der Waals surface area contributed by atoms with Gasteiger partial charge in [-0.05, 0) is 44.5 Å². The fourth-order valence-electron chi connectivity index (χ4n) is 3.68. The minimum atomic E-state index is 0.148. The molecule has 0 aliphatic heterocycles. The molecule has 3 rings (SSSR count). The van der Waals surface area contributed by atoms with Crippen LogP contribution in [0, 0.1) is 12.8 Å². The van der Waals surface area contributed by atoms with Crippen LogP contribution in [0.15, 0.2) is 12.1 Å². The molecule has 1 aromatic carbocycles. The molecule has 1 aliphatic rings. The fraction of sp³-hybridized carbons (Fsp3) is 0.600. The Morgan fingerprint density at radius 2 is 1.92 bits per heavy atom. The maximum Gasteiger partial charge on any atom is 0.231 e. The number of carbonyl (C=O) groups is 1. The molecule has 0 spiro atoms. The number of rotatable bonds is 7. The standard InChI is InChI=1S/C20H28ClN3OS/c1-4-23(5-2)12-13-24(19(25)15-8-6-7-9-15)20-22-17-14(3)10-11-16(21)18(17)26-20/h10-11,15H,4-9,12-13H2,1-3H3. The average Bonchev–Trinajstić information content (AvgIpc) is 3.32. The lowest BCUT2D eigenvalue weighted by Gasteiger charge is -2.26. The molecule has 1 fully saturated rings. The molecule has 1 aliphatic carbocycles. The van der Waals surface area contributed by atoms with Crippen LogP contribution in [0.2, 0.25) is 5.02 Å². The van der Waals surface area contributed by atoms with E-state index in [1.165, 1.54) is 0 Å². The Bertz CT molecular complexity index is 727. The van der Waals surface area contributed by atoms with Crippen LogP contribution in [0.1, 0.15) is 45.1 Å². The predicted molar refractivity (Wildman–Crippen MR) is 111 cm³/mol. The summed E-state index contributed by atoms with van der Waals surface area (Å²) in [6, 6.07) is 3.91. The molecule has 4 nitrogen and oxygen atoms in total. The second-order valence-corrected chi connectivity index (χ2v) is 8.42. The average molecular weight is 394 g/mol. The molecular formula is C20H28ClN3OS. The van der Waals surface area contributed by atoms with Crippen LogP contribution in [0.25, 0.3) is 10.2 Å². The zero-order valence-corrected chi connectivity index (χ0v) is 17.5. The molecule has 0 bridgehead atoms. The largest absolute Gasteiger partial charge is 0.302 e. The third-order valence-corrected chi connectivity index (χ3v) is 6.96. The number of hydrogen-bond acceptors (Lipinski definition) is 4.